The Morgan fingerprint density at radius 3 is 2.52 bits per heavy atom. The molecule has 0 bridgehead atoms. The van der Waals surface area contributed by atoms with E-state index < -0.39 is 11.8 Å². The van der Waals surface area contributed by atoms with Crippen LogP contribution in [0.15, 0.2) is 54.6 Å². The van der Waals surface area contributed by atoms with E-state index in [0.29, 0.717) is 24.1 Å². The lowest BCUT2D eigenvalue weighted by Crippen LogP contribution is -2.36. The summed E-state index contributed by atoms with van der Waals surface area (Å²) in [5.74, 6) is -1.11. The Balaban J connectivity index is 1.70. The van der Waals surface area contributed by atoms with E-state index in [9.17, 15) is 14.0 Å². The third-order valence-electron chi connectivity index (χ3n) is 4.91. The zero-order valence-electron chi connectivity index (χ0n) is 16.0. The van der Waals surface area contributed by atoms with E-state index in [1.807, 2.05) is 30.3 Å². The van der Waals surface area contributed by atoms with Gasteiger partial charge < -0.3 is 9.64 Å². The van der Waals surface area contributed by atoms with Crippen molar-refractivity contribution in [2.75, 3.05) is 13.2 Å². The number of amides is 1. The zero-order chi connectivity index (χ0) is 20.4. The molecular weight excluding hydrogens is 373 g/mol. The van der Waals surface area contributed by atoms with Gasteiger partial charge in [-0.25, -0.2) is 13.9 Å². The summed E-state index contributed by atoms with van der Waals surface area (Å²) >= 11 is 0. The Labute approximate surface area is 167 Å². The van der Waals surface area contributed by atoms with Gasteiger partial charge in [0, 0.05) is 24.1 Å². The van der Waals surface area contributed by atoms with Crippen molar-refractivity contribution in [3.8, 4) is 5.69 Å². The molecule has 0 aliphatic carbocycles. The van der Waals surface area contributed by atoms with E-state index in [1.54, 1.807) is 16.5 Å². The number of carbonyl (C=O) groups excluding carboxylic acids is 2. The standard InChI is InChI=1S/C22H20FN3O3/c1-2-29-22(28)20-18-14-25(21(27)15-8-10-16(23)11-9-15)13-12-19(18)26(24-20)17-6-4-3-5-7-17/h3-11H,2,12-14H2,1H3. The normalized spacial score (nSPS) is 13.1. The van der Waals surface area contributed by atoms with Crippen LogP contribution in [0.3, 0.4) is 0 Å². The number of benzene rings is 2. The third kappa shape index (κ3) is 3.63. The van der Waals surface area contributed by atoms with Crippen LogP contribution in [0.1, 0.15) is 39.0 Å². The minimum absolute atomic E-state index is 0.210. The fraction of sp³-hybridized carbons (Fsp3) is 0.227. The van der Waals surface area contributed by atoms with Crippen LogP contribution in [-0.4, -0.2) is 39.7 Å². The van der Waals surface area contributed by atoms with Gasteiger partial charge in [-0.2, -0.15) is 5.10 Å². The molecule has 1 amide bonds. The van der Waals surface area contributed by atoms with Gasteiger partial charge in [0.15, 0.2) is 5.69 Å². The Bertz CT molecular complexity index is 1050. The van der Waals surface area contributed by atoms with Gasteiger partial charge in [0.05, 0.1) is 24.5 Å². The lowest BCUT2D eigenvalue weighted by molar-refractivity contribution is 0.0513. The molecule has 6 nitrogen and oxygen atoms in total. The Morgan fingerprint density at radius 1 is 1.10 bits per heavy atom. The van der Waals surface area contributed by atoms with Crippen LogP contribution in [0.5, 0.6) is 0 Å². The average molecular weight is 393 g/mol. The van der Waals surface area contributed by atoms with Crippen LogP contribution in [0.25, 0.3) is 5.69 Å². The molecule has 3 aromatic rings. The van der Waals surface area contributed by atoms with Crippen LogP contribution in [0.2, 0.25) is 0 Å². The Morgan fingerprint density at radius 2 is 1.83 bits per heavy atom. The Kier molecular flexibility index (Phi) is 5.12. The molecule has 4 rings (SSSR count). The number of hydrogen-bond donors (Lipinski definition) is 0. The molecule has 0 radical (unpaired) electrons. The molecular formula is C22H20FN3O3. The van der Waals surface area contributed by atoms with Crippen molar-refractivity contribution in [3.05, 3.63) is 82.9 Å². The number of hydrogen-bond acceptors (Lipinski definition) is 4. The number of ether oxygens (including phenoxy) is 1. The van der Waals surface area contributed by atoms with Gasteiger partial charge in [-0.15, -0.1) is 0 Å². The number of para-hydroxylation sites is 1. The van der Waals surface area contributed by atoms with Crippen molar-refractivity contribution in [1.29, 1.82) is 0 Å². The van der Waals surface area contributed by atoms with Crippen molar-refractivity contribution >= 4 is 11.9 Å². The molecule has 29 heavy (non-hydrogen) atoms. The van der Waals surface area contributed by atoms with Gasteiger partial charge in [0.1, 0.15) is 5.82 Å². The first-order chi connectivity index (χ1) is 14.1. The van der Waals surface area contributed by atoms with E-state index in [-0.39, 0.29) is 24.8 Å². The molecule has 0 N–H and O–H groups in total. The summed E-state index contributed by atoms with van der Waals surface area (Å²) < 4.78 is 20.1. The summed E-state index contributed by atoms with van der Waals surface area (Å²) in [6.07, 6.45) is 0.545. The quantitative estimate of drug-likeness (QED) is 0.638. The monoisotopic (exact) mass is 393 g/mol. The molecule has 2 aromatic carbocycles. The summed E-state index contributed by atoms with van der Waals surface area (Å²) in [7, 11) is 0. The zero-order valence-corrected chi connectivity index (χ0v) is 16.0. The third-order valence-corrected chi connectivity index (χ3v) is 4.91. The van der Waals surface area contributed by atoms with Crippen molar-refractivity contribution in [2.24, 2.45) is 0 Å². The van der Waals surface area contributed by atoms with Crippen LogP contribution in [0.4, 0.5) is 4.39 Å². The average Bonchev–Trinajstić information content (AvgIpc) is 3.13. The highest BCUT2D eigenvalue weighted by Crippen LogP contribution is 2.27. The summed E-state index contributed by atoms with van der Waals surface area (Å²) in [4.78, 5) is 27.0. The fourth-order valence-corrected chi connectivity index (χ4v) is 3.51. The van der Waals surface area contributed by atoms with Crippen LogP contribution in [0, 0.1) is 5.82 Å². The van der Waals surface area contributed by atoms with E-state index >= 15 is 0 Å². The maximum absolute atomic E-state index is 13.2. The first-order valence-electron chi connectivity index (χ1n) is 9.46. The number of carbonyl (C=O) groups is 2. The second-order valence-corrected chi connectivity index (χ2v) is 6.73. The Hall–Kier alpha value is -3.48. The highest BCUT2D eigenvalue weighted by molar-refractivity contribution is 5.95. The van der Waals surface area contributed by atoms with Gasteiger partial charge in [-0.1, -0.05) is 18.2 Å². The van der Waals surface area contributed by atoms with E-state index in [0.717, 1.165) is 11.4 Å². The van der Waals surface area contributed by atoms with Gasteiger partial charge in [0.2, 0.25) is 0 Å². The van der Waals surface area contributed by atoms with Gasteiger partial charge in [-0.3, -0.25) is 4.79 Å². The SMILES string of the molecule is CCOC(=O)c1nn(-c2ccccc2)c2c1CN(C(=O)c1ccc(F)cc1)CC2. The molecule has 2 heterocycles. The second kappa shape index (κ2) is 7.87. The number of rotatable bonds is 4. The molecule has 148 valence electrons. The van der Waals surface area contributed by atoms with Crippen LogP contribution >= 0.6 is 0 Å². The van der Waals surface area contributed by atoms with Gasteiger partial charge >= 0.3 is 5.97 Å². The summed E-state index contributed by atoms with van der Waals surface area (Å²) in [6, 6.07) is 15.0. The molecule has 0 saturated carbocycles. The van der Waals surface area contributed by atoms with Crippen molar-refractivity contribution in [3.63, 3.8) is 0 Å². The van der Waals surface area contributed by atoms with E-state index in [1.165, 1.54) is 24.3 Å². The fourth-order valence-electron chi connectivity index (χ4n) is 3.51. The van der Waals surface area contributed by atoms with Crippen LogP contribution < -0.4 is 0 Å². The van der Waals surface area contributed by atoms with Crippen LogP contribution in [-0.2, 0) is 17.7 Å². The number of halogens is 1. The molecule has 0 unspecified atom stereocenters. The number of esters is 1. The second-order valence-electron chi connectivity index (χ2n) is 6.73. The predicted molar refractivity (Wildman–Crippen MR) is 104 cm³/mol. The smallest absolute Gasteiger partial charge is 0.359 e. The minimum Gasteiger partial charge on any atom is -0.461 e. The van der Waals surface area contributed by atoms with Crippen molar-refractivity contribution in [1.82, 2.24) is 14.7 Å². The number of fused-ring (bicyclic) bond motifs is 1. The van der Waals surface area contributed by atoms with E-state index in [2.05, 4.69) is 5.10 Å². The van der Waals surface area contributed by atoms with E-state index in [4.69, 9.17) is 4.74 Å². The minimum atomic E-state index is -0.505. The molecule has 0 fully saturated rings. The highest BCUT2D eigenvalue weighted by atomic mass is 19.1. The number of aromatic nitrogens is 2. The first-order valence-corrected chi connectivity index (χ1v) is 9.46. The van der Waals surface area contributed by atoms with Gasteiger partial charge in [-0.05, 0) is 43.3 Å². The summed E-state index contributed by atoms with van der Waals surface area (Å²) in [5.41, 5.74) is 3.05. The maximum atomic E-state index is 13.2. The summed E-state index contributed by atoms with van der Waals surface area (Å²) in [6.45, 7) is 2.70. The van der Waals surface area contributed by atoms with Crippen molar-refractivity contribution < 1.29 is 18.7 Å². The predicted octanol–water partition coefficient (Wildman–Crippen LogP) is 3.39. The van der Waals surface area contributed by atoms with Gasteiger partial charge in [0.25, 0.3) is 5.91 Å². The molecule has 0 saturated heterocycles. The number of nitrogens with zero attached hydrogens (tertiary/aromatic N) is 3. The largest absolute Gasteiger partial charge is 0.461 e. The molecule has 1 aromatic heterocycles. The molecule has 1 aliphatic heterocycles. The first kappa shape index (κ1) is 18.9. The lowest BCUT2D eigenvalue weighted by Gasteiger charge is -2.28. The molecule has 7 heteroatoms. The molecule has 0 spiro atoms. The summed E-state index contributed by atoms with van der Waals surface area (Å²) in [5, 5.41) is 4.51. The lowest BCUT2D eigenvalue weighted by atomic mass is 10.0. The molecule has 0 atom stereocenters. The maximum Gasteiger partial charge on any atom is 0.359 e. The molecule has 1 aliphatic rings. The highest BCUT2D eigenvalue weighted by Gasteiger charge is 2.31. The van der Waals surface area contributed by atoms with Crippen molar-refractivity contribution in [2.45, 2.75) is 19.9 Å². The topological polar surface area (TPSA) is 64.4 Å².